The molecule has 2 aromatic rings. The molecule has 2 nitrogen and oxygen atoms in total. The molecule has 17 heavy (non-hydrogen) atoms. The van der Waals surface area contributed by atoms with Gasteiger partial charge in [-0.25, -0.2) is 0 Å². The molecule has 0 amide bonds. The number of nitrogen functional groups attached to an aromatic ring is 1. The first-order chi connectivity index (χ1) is 8.15. The van der Waals surface area contributed by atoms with Crippen LogP contribution in [0.25, 0.3) is 0 Å². The SMILES string of the molecule is CN(Cc1cccc(N)c1)Cc1sccc1Br. The molecule has 0 bridgehead atoms. The Morgan fingerprint density at radius 2 is 2.12 bits per heavy atom. The first kappa shape index (κ1) is 12.6. The average Bonchev–Trinajstić information content (AvgIpc) is 2.64. The molecular weight excluding hydrogens is 296 g/mol. The quantitative estimate of drug-likeness (QED) is 0.872. The summed E-state index contributed by atoms with van der Waals surface area (Å²) < 4.78 is 1.20. The number of benzene rings is 1. The summed E-state index contributed by atoms with van der Waals surface area (Å²) in [6, 6.07) is 10.1. The Morgan fingerprint density at radius 1 is 1.29 bits per heavy atom. The Hall–Kier alpha value is -0.840. The van der Waals surface area contributed by atoms with Gasteiger partial charge in [0.1, 0.15) is 0 Å². The number of thiophene rings is 1. The molecule has 1 aromatic heterocycles. The second-order valence-electron chi connectivity index (χ2n) is 4.11. The molecule has 90 valence electrons. The number of hydrogen-bond donors (Lipinski definition) is 1. The number of nitrogens with zero attached hydrogens (tertiary/aromatic N) is 1. The van der Waals surface area contributed by atoms with Crippen molar-refractivity contribution in [1.82, 2.24) is 4.90 Å². The molecule has 0 saturated heterocycles. The Labute approximate surface area is 114 Å². The molecule has 0 aliphatic heterocycles. The van der Waals surface area contributed by atoms with Crippen molar-refractivity contribution in [3.8, 4) is 0 Å². The lowest BCUT2D eigenvalue weighted by molar-refractivity contribution is 0.321. The zero-order valence-electron chi connectivity index (χ0n) is 9.69. The van der Waals surface area contributed by atoms with Gasteiger partial charge in [-0.1, -0.05) is 12.1 Å². The highest BCUT2D eigenvalue weighted by Crippen LogP contribution is 2.24. The highest BCUT2D eigenvalue weighted by atomic mass is 79.9. The summed E-state index contributed by atoms with van der Waals surface area (Å²) in [4.78, 5) is 3.64. The molecular formula is C13H15BrN2S. The van der Waals surface area contributed by atoms with Crippen molar-refractivity contribution in [2.24, 2.45) is 0 Å². The van der Waals surface area contributed by atoms with Gasteiger partial charge in [-0.05, 0) is 52.1 Å². The first-order valence-electron chi connectivity index (χ1n) is 5.40. The Kier molecular flexibility index (Phi) is 4.20. The van der Waals surface area contributed by atoms with Crippen LogP contribution in [-0.2, 0) is 13.1 Å². The fourth-order valence-electron chi connectivity index (χ4n) is 1.74. The molecule has 1 heterocycles. The van der Waals surface area contributed by atoms with E-state index in [0.717, 1.165) is 18.8 Å². The van der Waals surface area contributed by atoms with Gasteiger partial charge in [0.25, 0.3) is 0 Å². The Morgan fingerprint density at radius 3 is 2.76 bits per heavy atom. The van der Waals surface area contributed by atoms with Crippen molar-refractivity contribution < 1.29 is 0 Å². The van der Waals surface area contributed by atoms with E-state index in [9.17, 15) is 0 Å². The maximum Gasteiger partial charge on any atom is 0.0339 e. The standard InChI is InChI=1S/C13H15BrN2S/c1-16(9-13-12(14)5-6-17-13)8-10-3-2-4-11(15)7-10/h2-7H,8-9,15H2,1H3. The van der Waals surface area contributed by atoms with E-state index in [0.29, 0.717) is 0 Å². The molecule has 4 heteroatoms. The molecule has 0 saturated carbocycles. The van der Waals surface area contributed by atoms with Crippen molar-refractivity contribution in [2.45, 2.75) is 13.1 Å². The average molecular weight is 311 g/mol. The van der Waals surface area contributed by atoms with Crippen LogP contribution in [0.1, 0.15) is 10.4 Å². The van der Waals surface area contributed by atoms with E-state index in [-0.39, 0.29) is 0 Å². The minimum absolute atomic E-state index is 0.827. The maximum atomic E-state index is 5.77. The van der Waals surface area contributed by atoms with E-state index in [4.69, 9.17) is 5.73 Å². The van der Waals surface area contributed by atoms with Gasteiger partial charge in [0, 0.05) is 28.1 Å². The van der Waals surface area contributed by atoms with Crippen LogP contribution in [0.4, 0.5) is 5.69 Å². The van der Waals surface area contributed by atoms with Crippen LogP contribution in [0, 0.1) is 0 Å². The van der Waals surface area contributed by atoms with Crippen LogP contribution in [0.15, 0.2) is 40.2 Å². The fraction of sp³-hybridized carbons (Fsp3) is 0.231. The van der Waals surface area contributed by atoms with E-state index in [1.54, 1.807) is 11.3 Å². The molecule has 0 aliphatic rings. The van der Waals surface area contributed by atoms with Crippen molar-refractivity contribution in [1.29, 1.82) is 0 Å². The van der Waals surface area contributed by atoms with Gasteiger partial charge in [-0.15, -0.1) is 11.3 Å². The summed E-state index contributed by atoms with van der Waals surface area (Å²) in [6.45, 7) is 1.86. The number of rotatable bonds is 4. The van der Waals surface area contributed by atoms with E-state index in [1.807, 2.05) is 18.2 Å². The summed E-state index contributed by atoms with van der Waals surface area (Å²) in [5.41, 5.74) is 7.85. The minimum atomic E-state index is 0.827. The first-order valence-corrected chi connectivity index (χ1v) is 7.07. The lowest BCUT2D eigenvalue weighted by atomic mass is 10.2. The largest absolute Gasteiger partial charge is 0.399 e. The zero-order valence-corrected chi connectivity index (χ0v) is 12.1. The van der Waals surface area contributed by atoms with Gasteiger partial charge in [0.15, 0.2) is 0 Å². The van der Waals surface area contributed by atoms with Crippen LogP contribution in [0.3, 0.4) is 0 Å². The third-order valence-corrected chi connectivity index (χ3v) is 4.42. The van der Waals surface area contributed by atoms with Gasteiger partial charge in [-0.2, -0.15) is 0 Å². The smallest absolute Gasteiger partial charge is 0.0339 e. The third kappa shape index (κ3) is 3.56. The molecule has 0 radical (unpaired) electrons. The molecule has 0 aliphatic carbocycles. The topological polar surface area (TPSA) is 29.3 Å². The van der Waals surface area contributed by atoms with Crippen LogP contribution in [0.5, 0.6) is 0 Å². The molecule has 0 unspecified atom stereocenters. The number of nitrogens with two attached hydrogens (primary N) is 1. The summed E-state index contributed by atoms with van der Waals surface area (Å²) in [6.07, 6.45) is 0. The number of hydrogen-bond acceptors (Lipinski definition) is 3. The van der Waals surface area contributed by atoms with Gasteiger partial charge < -0.3 is 5.73 Å². The predicted molar refractivity (Wildman–Crippen MR) is 78.0 cm³/mol. The summed E-state index contributed by atoms with van der Waals surface area (Å²) >= 11 is 5.33. The van der Waals surface area contributed by atoms with Gasteiger partial charge in [-0.3, -0.25) is 4.90 Å². The zero-order chi connectivity index (χ0) is 12.3. The van der Waals surface area contributed by atoms with Gasteiger partial charge >= 0.3 is 0 Å². The van der Waals surface area contributed by atoms with Crippen LogP contribution < -0.4 is 5.73 Å². The van der Waals surface area contributed by atoms with Crippen molar-refractivity contribution in [3.05, 3.63) is 50.6 Å². The number of anilines is 1. The molecule has 2 rings (SSSR count). The Bertz CT molecular complexity index is 496. The molecule has 0 spiro atoms. The molecule has 0 fully saturated rings. The van der Waals surface area contributed by atoms with Crippen LogP contribution in [-0.4, -0.2) is 11.9 Å². The molecule has 2 N–H and O–H groups in total. The van der Waals surface area contributed by atoms with Crippen molar-refractivity contribution >= 4 is 33.0 Å². The monoisotopic (exact) mass is 310 g/mol. The summed E-state index contributed by atoms with van der Waals surface area (Å²) in [7, 11) is 2.12. The molecule has 1 aromatic carbocycles. The van der Waals surface area contributed by atoms with E-state index < -0.39 is 0 Å². The number of halogens is 1. The van der Waals surface area contributed by atoms with Crippen molar-refractivity contribution in [2.75, 3.05) is 12.8 Å². The van der Waals surface area contributed by atoms with Gasteiger partial charge in [0.2, 0.25) is 0 Å². The molecule has 0 atom stereocenters. The predicted octanol–water partition coefficient (Wildman–Crippen LogP) is 3.72. The lowest BCUT2D eigenvalue weighted by Crippen LogP contribution is -2.16. The summed E-state index contributed by atoms with van der Waals surface area (Å²) in [5.74, 6) is 0. The van der Waals surface area contributed by atoms with E-state index in [1.165, 1.54) is 14.9 Å². The lowest BCUT2D eigenvalue weighted by Gasteiger charge is -2.16. The van der Waals surface area contributed by atoms with Gasteiger partial charge in [0.05, 0.1) is 0 Å². The normalized spacial score (nSPS) is 11.0. The van der Waals surface area contributed by atoms with E-state index in [2.05, 4.69) is 45.4 Å². The second-order valence-corrected chi connectivity index (χ2v) is 5.96. The maximum absolute atomic E-state index is 5.77. The minimum Gasteiger partial charge on any atom is -0.399 e. The van der Waals surface area contributed by atoms with Crippen molar-refractivity contribution in [3.63, 3.8) is 0 Å². The third-order valence-electron chi connectivity index (χ3n) is 2.51. The highest BCUT2D eigenvalue weighted by molar-refractivity contribution is 9.10. The van der Waals surface area contributed by atoms with E-state index >= 15 is 0 Å². The second kappa shape index (κ2) is 5.67. The highest BCUT2D eigenvalue weighted by Gasteiger charge is 2.06. The van der Waals surface area contributed by atoms with Crippen LogP contribution >= 0.6 is 27.3 Å². The summed E-state index contributed by atoms with van der Waals surface area (Å²) in [5, 5.41) is 2.10. The fourth-order valence-corrected chi connectivity index (χ4v) is 3.30. The Balaban J connectivity index is 1.98. The van der Waals surface area contributed by atoms with Crippen LogP contribution in [0.2, 0.25) is 0 Å².